The maximum absolute atomic E-state index is 2.66. The van der Waals surface area contributed by atoms with E-state index < -0.39 is 0 Å². The zero-order valence-electron chi connectivity index (χ0n) is 32.4. The molecule has 11 rings (SSSR count). The molecule has 0 heterocycles. The van der Waals surface area contributed by atoms with E-state index >= 15 is 0 Å². The molecule has 0 N–H and O–H groups in total. The zero-order chi connectivity index (χ0) is 36.7. The summed E-state index contributed by atoms with van der Waals surface area (Å²) in [7, 11) is 0. The van der Waals surface area contributed by atoms with Crippen LogP contribution in [-0.2, 0) is 5.41 Å². The first-order valence-electron chi connectivity index (χ1n) is 21.2. The third-order valence-electron chi connectivity index (χ3n) is 14.5. The molecule has 3 fully saturated rings. The van der Waals surface area contributed by atoms with Gasteiger partial charge < -0.3 is 4.90 Å². The monoisotopic (exact) mass is 713 g/mol. The van der Waals surface area contributed by atoms with Crippen molar-refractivity contribution in [1.29, 1.82) is 0 Å². The molecule has 2 bridgehead atoms. The number of hydrogen-bond donors (Lipinski definition) is 0. The van der Waals surface area contributed by atoms with Crippen molar-refractivity contribution in [2.45, 2.75) is 88.9 Å². The van der Waals surface area contributed by atoms with Crippen LogP contribution in [0, 0.1) is 11.8 Å². The molecular formula is C54H51N. The van der Waals surface area contributed by atoms with E-state index in [2.05, 4.69) is 158 Å². The molecule has 7 aromatic rings. The molecule has 55 heavy (non-hydrogen) atoms. The van der Waals surface area contributed by atoms with Crippen molar-refractivity contribution in [2.75, 3.05) is 4.90 Å². The fourth-order valence-electron chi connectivity index (χ4n) is 11.7. The van der Waals surface area contributed by atoms with Crippen LogP contribution in [0.25, 0.3) is 43.8 Å². The predicted octanol–water partition coefficient (Wildman–Crippen LogP) is 15.4. The normalized spacial score (nSPS) is 21.2. The van der Waals surface area contributed by atoms with Crippen LogP contribution in [0.4, 0.5) is 17.1 Å². The number of rotatable bonds is 6. The lowest BCUT2D eigenvalue weighted by atomic mass is 9.80. The second-order valence-electron chi connectivity index (χ2n) is 17.9. The molecule has 7 aromatic carbocycles. The summed E-state index contributed by atoms with van der Waals surface area (Å²) in [6.45, 7) is 4.87. The molecule has 0 aliphatic heterocycles. The van der Waals surface area contributed by atoms with Crippen molar-refractivity contribution in [3.05, 3.63) is 162 Å². The largest absolute Gasteiger partial charge is 0.310 e. The molecule has 0 saturated heterocycles. The fourth-order valence-corrected chi connectivity index (χ4v) is 11.7. The summed E-state index contributed by atoms with van der Waals surface area (Å²) in [5.41, 5.74) is 15.0. The Labute approximate surface area is 327 Å². The highest BCUT2D eigenvalue weighted by Crippen LogP contribution is 2.57. The Hall–Kier alpha value is -5.14. The second kappa shape index (κ2) is 13.0. The van der Waals surface area contributed by atoms with Gasteiger partial charge in [0, 0.05) is 16.8 Å². The number of fused-ring (bicyclic) bond motifs is 7. The van der Waals surface area contributed by atoms with Crippen molar-refractivity contribution >= 4 is 38.6 Å². The zero-order valence-corrected chi connectivity index (χ0v) is 32.4. The lowest BCUT2D eigenvalue weighted by molar-refractivity contribution is 0.420. The van der Waals surface area contributed by atoms with Crippen molar-refractivity contribution < 1.29 is 0 Å². The van der Waals surface area contributed by atoms with Gasteiger partial charge in [0.2, 0.25) is 0 Å². The van der Waals surface area contributed by atoms with Crippen LogP contribution < -0.4 is 4.90 Å². The maximum Gasteiger partial charge on any atom is 0.0502 e. The first-order valence-corrected chi connectivity index (χ1v) is 21.2. The fraction of sp³-hybridized carbons (Fsp3) is 0.296. The van der Waals surface area contributed by atoms with Gasteiger partial charge in [-0.25, -0.2) is 0 Å². The van der Waals surface area contributed by atoms with E-state index in [1.165, 1.54) is 135 Å². The molecule has 0 radical (unpaired) electrons. The number of anilines is 3. The highest BCUT2D eigenvalue weighted by atomic mass is 15.1. The van der Waals surface area contributed by atoms with Crippen molar-refractivity contribution in [3.8, 4) is 22.3 Å². The molecule has 1 heteroatoms. The van der Waals surface area contributed by atoms with Crippen LogP contribution >= 0.6 is 0 Å². The Morgan fingerprint density at radius 1 is 0.527 bits per heavy atom. The molecule has 3 atom stereocenters. The van der Waals surface area contributed by atoms with Gasteiger partial charge in [-0.05, 0) is 158 Å². The smallest absolute Gasteiger partial charge is 0.0502 e. The Morgan fingerprint density at radius 3 is 2.02 bits per heavy atom. The SMILES string of the molecule is CC1(C)c2ccccc2-c2c(-c3cccc4ccccc34)cc(N(c3ccc(C4CC5CCC4C5)cc3)c3cc4ccccc4cc3C3CCCCC3)cc21. The van der Waals surface area contributed by atoms with Crippen LogP contribution in [0.1, 0.15) is 106 Å². The van der Waals surface area contributed by atoms with Crippen molar-refractivity contribution in [2.24, 2.45) is 11.8 Å². The lowest BCUT2D eigenvalue weighted by Crippen LogP contribution is -2.18. The lowest BCUT2D eigenvalue weighted by Gasteiger charge is -2.34. The minimum Gasteiger partial charge on any atom is -0.310 e. The Kier molecular flexibility index (Phi) is 7.84. The van der Waals surface area contributed by atoms with Gasteiger partial charge in [0.15, 0.2) is 0 Å². The molecule has 272 valence electrons. The van der Waals surface area contributed by atoms with Crippen LogP contribution in [0.15, 0.2) is 140 Å². The average Bonchev–Trinajstić information content (AvgIpc) is 3.94. The highest BCUT2D eigenvalue weighted by molar-refractivity contribution is 6.04. The quantitative estimate of drug-likeness (QED) is 0.166. The van der Waals surface area contributed by atoms with Crippen molar-refractivity contribution in [3.63, 3.8) is 0 Å². The molecule has 1 nitrogen and oxygen atoms in total. The Bertz CT molecular complexity index is 2580. The van der Waals surface area contributed by atoms with Gasteiger partial charge >= 0.3 is 0 Å². The molecule has 0 aromatic heterocycles. The van der Waals surface area contributed by atoms with Gasteiger partial charge in [0.25, 0.3) is 0 Å². The summed E-state index contributed by atoms with van der Waals surface area (Å²) >= 11 is 0. The van der Waals surface area contributed by atoms with E-state index in [1.807, 2.05) is 0 Å². The number of hydrogen-bond acceptors (Lipinski definition) is 1. The second-order valence-corrected chi connectivity index (χ2v) is 17.9. The van der Waals surface area contributed by atoms with Gasteiger partial charge in [-0.15, -0.1) is 0 Å². The molecule has 3 saturated carbocycles. The summed E-state index contributed by atoms with van der Waals surface area (Å²) < 4.78 is 0. The molecule has 0 amide bonds. The highest BCUT2D eigenvalue weighted by Gasteiger charge is 2.41. The van der Waals surface area contributed by atoms with E-state index in [-0.39, 0.29) is 5.41 Å². The van der Waals surface area contributed by atoms with Crippen LogP contribution in [0.5, 0.6) is 0 Å². The standard InChI is InChI=1S/C54H51N/c1-54(2)50-22-11-10-20-46(50)53-49(45-21-12-18-36-15-8-9-19-44(36)45)33-43(34-51(53)54)55(42-27-25-38(26-28-42)47-30-35-23-24-41(47)29-35)52-32-40-17-7-6-16-39(40)31-48(52)37-13-4-3-5-14-37/h6-12,15-22,25-28,31-35,37,41,47H,3-5,13-14,23-24,29-30H2,1-2H3. The van der Waals surface area contributed by atoms with E-state index in [0.717, 1.165) is 17.8 Å². The van der Waals surface area contributed by atoms with Gasteiger partial charge in [-0.1, -0.05) is 143 Å². The average molecular weight is 714 g/mol. The summed E-state index contributed by atoms with van der Waals surface area (Å²) in [6.07, 6.45) is 12.2. The number of benzene rings is 7. The minimum absolute atomic E-state index is 0.145. The van der Waals surface area contributed by atoms with Crippen molar-refractivity contribution in [1.82, 2.24) is 0 Å². The van der Waals surface area contributed by atoms with E-state index in [4.69, 9.17) is 0 Å². The maximum atomic E-state index is 2.66. The third-order valence-corrected chi connectivity index (χ3v) is 14.5. The number of nitrogens with zero attached hydrogens (tertiary/aromatic N) is 1. The summed E-state index contributed by atoms with van der Waals surface area (Å²) in [5.74, 6) is 3.08. The van der Waals surface area contributed by atoms with E-state index in [1.54, 1.807) is 5.56 Å². The summed E-state index contributed by atoms with van der Waals surface area (Å²) in [5, 5.41) is 5.25. The first kappa shape index (κ1) is 33.2. The topological polar surface area (TPSA) is 3.24 Å². The van der Waals surface area contributed by atoms with E-state index in [9.17, 15) is 0 Å². The first-order chi connectivity index (χ1) is 27.0. The molecule has 4 aliphatic rings. The van der Waals surface area contributed by atoms with Gasteiger partial charge in [-0.3, -0.25) is 0 Å². The van der Waals surface area contributed by atoms with Gasteiger partial charge in [0.1, 0.15) is 0 Å². The molecular weight excluding hydrogens is 663 g/mol. The Balaban J connectivity index is 1.18. The predicted molar refractivity (Wildman–Crippen MR) is 233 cm³/mol. The molecule has 4 aliphatic carbocycles. The summed E-state index contributed by atoms with van der Waals surface area (Å²) in [6, 6.07) is 54.1. The van der Waals surface area contributed by atoms with Crippen LogP contribution in [-0.4, -0.2) is 0 Å². The van der Waals surface area contributed by atoms with Gasteiger partial charge in [-0.2, -0.15) is 0 Å². The molecule has 3 unspecified atom stereocenters. The van der Waals surface area contributed by atoms with Crippen LogP contribution in [0.2, 0.25) is 0 Å². The summed E-state index contributed by atoms with van der Waals surface area (Å²) in [4.78, 5) is 2.66. The Morgan fingerprint density at radius 2 is 1.24 bits per heavy atom. The van der Waals surface area contributed by atoms with E-state index in [0.29, 0.717) is 5.92 Å². The third kappa shape index (κ3) is 5.41. The van der Waals surface area contributed by atoms with Gasteiger partial charge in [0.05, 0.1) is 5.69 Å². The molecule has 0 spiro atoms. The van der Waals surface area contributed by atoms with Crippen LogP contribution in [0.3, 0.4) is 0 Å². The minimum atomic E-state index is -0.145.